The minimum atomic E-state index is -0.00873. The third-order valence-electron chi connectivity index (χ3n) is 4.84. The standard InChI is InChI=1S/C19H26N2/c1-2-21(15-19(20)13-6-3-7-14-19)18-12-8-10-16-9-4-5-11-17(16)18/h4-5,8-12H,2-3,6-7,13-15,20H2,1H3. The first kappa shape index (κ1) is 14.4. The highest BCUT2D eigenvalue weighted by atomic mass is 15.1. The Morgan fingerprint density at radius 3 is 2.48 bits per heavy atom. The lowest BCUT2D eigenvalue weighted by atomic mass is 9.82. The summed E-state index contributed by atoms with van der Waals surface area (Å²) in [5.41, 5.74) is 7.99. The summed E-state index contributed by atoms with van der Waals surface area (Å²) < 4.78 is 0. The third-order valence-corrected chi connectivity index (χ3v) is 4.84. The van der Waals surface area contributed by atoms with Gasteiger partial charge in [0.2, 0.25) is 0 Å². The summed E-state index contributed by atoms with van der Waals surface area (Å²) in [5, 5.41) is 2.64. The molecular weight excluding hydrogens is 256 g/mol. The smallest absolute Gasteiger partial charge is 0.0446 e. The van der Waals surface area contributed by atoms with E-state index in [1.165, 1.54) is 35.7 Å². The van der Waals surface area contributed by atoms with Crippen LogP contribution in [0.25, 0.3) is 10.8 Å². The summed E-state index contributed by atoms with van der Waals surface area (Å²) in [5.74, 6) is 0. The number of hydrogen-bond donors (Lipinski definition) is 1. The summed E-state index contributed by atoms with van der Waals surface area (Å²) in [6, 6.07) is 15.2. The molecule has 0 bridgehead atoms. The molecule has 1 saturated carbocycles. The molecule has 21 heavy (non-hydrogen) atoms. The molecule has 0 amide bonds. The fourth-order valence-electron chi connectivity index (χ4n) is 3.65. The van der Waals surface area contributed by atoms with E-state index in [1.54, 1.807) is 0 Å². The average Bonchev–Trinajstić information content (AvgIpc) is 2.53. The van der Waals surface area contributed by atoms with Crippen molar-refractivity contribution in [1.82, 2.24) is 0 Å². The van der Waals surface area contributed by atoms with Crippen LogP contribution in [0.5, 0.6) is 0 Å². The van der Waals surface area contributed by atoms with Gasteiger partial charge in [-0.25, -0.2) is 0 Å². The van der Waals surface area contributed by atoms with Crippen LogP contribution >= 0.6 is 0 Å². The maximum absolute atomic E-state index is 6.68. The van der Waals surface area contributed by atoms with Gasteiger partial charge in [-0.15, -0.1) is 0 Å². The number of nitrogens with zero attached hydrogens (tertiary/aromatic N) is 1. The third kappa shape index (κ3) is 3.06. The molecule has 0 spiro atoms. The van der Waals surface area contributed by atoms with Gasteiger partial charge in [0, 0.05) is 29.7 Å². The van der Waals surface area contributed by atoms with Gasteiger partial charge in [-0.05, 0) is 31.2 Å². The predicted molar refractivity (Wildman–Crippen MR) is 91.8 cm³/mol. The summed E-state index contributed by atoms with van der Waals surface area (Å²) in [7, 11) is 0. The Hall–Kier alpha value is -1.54. The van der Waals surface area contributed by atoms with Gasteiger partial charge in [-0.2, -0.15) is 0 Å². The second-order valence-electron chi connectivity index (χ2n) is 6.44. The van der Waals surface area contributed by atoms with Crippen LogP contribution < -0.4 is 10.6 Å². The van der Waals surface area contributed by atoms with Gasteiger partial charge in [-0.1, -0.05) is 55.7 Å². The van der Waals surface area contributed by atoms with Crippen LogP contribution in [0.1, 0.15) is 39.0 Å². The SMILES string of the molecule is CCN(CC1(N)CCCCC1)c1cccc2ccccc12. The molecule has 0 radical (unpaired) electrons. The second kappa shape index (κ2) is 6.07. The molecule has 0 atom stereocenters. The van der Waals surface area contributed by atoms with Crippen LogP contribution in [-0.2, 0) is 0 Å². The van der Waals surface area contributed by atoms with Gasteiger partial charge in [0.05, 0.1) is 0 Å². The summed E-state index contributed by atoms with van der Waals surface area (Å²) in [6.45, 7) is 4.21. The highest BCUT2D eigenvalue weighted by molar-refractivity contribution is 5.94. The van der Waals surface area contributed by atoms with Crippen molar-refractivity contribution in [2.75, 3.05) is 18.0 Å². The van der Waals surface area contributed by atoms with E-state index in [-0.39, 0.29) is 5.54 Å². The minimum Gasteiger partial charge on any atom is -0.369 e. The van der Waals surface area contributed by atoms with E-state index in [0.717, 1.165) is 25.9 Å². The molecule has 2 nitrogen and oxygen atoms in total. The predicted octanol–water partition coefficient (Wildman–Crippen LogP) is 4.33. The quantitative estimate of drug-likeness (QED) is 0.904. The van der Waals surface area contributed by atoms with Gasteiger partial charge in [-0.3, -0.25) is 0 Å². The number of hydrogen-bond acceptors (Lipinski definition) is 2. The molecule has 2 aromatic rings. The van der Waals surface area contributed by atoms with Crippen molar-refractivity contribution < 1.29 is 0 Å². The maximum Gasteiger partial charge on any atom is 0.0446 e. The molecule has 2 aromatic carbocycles. The zero-order valence-corrected chi connectivity index (χ0v) is 13.0. The van der Waals surface area contributed by atoms with Crippen LogP contribution in [0, 0.1) is 0 Å². The first-order valence-corrected chi connectivity index (χ1v) is 8.23. The van der Waals surface area contributed by atoms with Crippen molar-refractivity contribution >= 4 is 16.5 Å². The van der Waals surface area contributed by atoms with Crippen molar-refractivity contribution in [2.45, 2.75) is 44.6 Å². The van der Waals surface area contributed by atoms with Gasteiger partial charge < -0.3 is 10.6 Å². The van der Waals surface area contributed by atoms with Crippen LogP contribution in [0.15, 0.2) is 42.5 Å². The summed E-state index contributed by atoms with van der Waals surface area (Å²) >= 11 is 0. The lowest BCUT2D eigenvalue weighted by Gasteiger charge is -2.39. The molecule has 0 heterocycles. The molecule has 3 rings (SSSR count). The van der Waals surface area contributed by atoms with Crippen LogP contribution in [0.3, 0.4) is 0 Å². The average molecular weight is 282 g/mol. The van der Waals surface area contributed by atoms with Gasteiger partial charge in [0.15, 0.2) is 0 Å². The van der Waals surface area contributed by atoms with E-state index < -0.39 is 0 Å². The van der Waals surface area contributed by atoms with E-state index >= 15 is 0 Å². The van der Waals surface area contributed by atoms with Crippen molar-refractivity contribution in [3.63, 3.8) is 0 Å². The lowest BCUT2D eigenvalue weighted by Crippen LogP contribution is -2.51. The molecule has 0 saturated heterocycles. The van der Waals surface area contributed by atoms with E-state index in [2.05, 4.69) is 54.3 Å². The van der Waals surface area contributed by atoms with Crippen LogP contribution in [0.4, 0.5) is 5.69 Å². The molecule has 1 fully saturated rings. The fraction of sp³-hybridized carbons (Fsp3) is 0.474. The van der Waals surface area contributed by atoms with Crippen molar-refractivity contribution in [2.24, 2.45) is 5.73 Å². The van der Waals surface area contributed by atoms with Gasteiger partial charge in [0.25, 0.3) is 0 Å². The first-order chi connectivity index (χ1) is 10.2. The largest absolute Gasteiger partial charge is 0.369 e. The van der Waals surface area contributed by atoms with Crippen molar-refractivity contribution in [3.8, 4) is 0 Å². The number of likely N-dealkylation sites (N-methyl/N-ethyl adjacent to an activating group) is 1. The Balaban J connectivity index is 1.91. The molecule has 2 heteroatoms. The monoisotopic (exact) mass is 282 g/mol. The number of rotatable bonds is 4. The van der Waals surface area contributed by atoms with E-state index in [9.17, 15) is 0 Å². The zero-order valence-electron chi connectivity index (χ0n) is 13.0. The minimum absolute atomic E-state index is 0.00873. The summed E-state index contributed by atoms with van der Waals surface area (Å²) in [4.78, 5) is 2.47. The lowest BCUT2D eigenvalue weighted by molar-refractivity contribution is 0.298. The highest BCUT2D eigenvalue weighted by Gasteiger charge is 2.29. The molecule has 0 aromatic heterocycles. The fourth-order valence-corrected chi connectivity index (χ4v) is 3.65. The Kier molecular flexibility index (Phi) is 4.16. The maximum atomic E-state index is 6.68. The molecule has 0 aliphatic heterocycles. The second-order valence-corrected chi connectivity index (χ2v) is 6.44. The Morgan fingerprint density at radius 2 is 1.71 bits per heavy atom. The van der Waals surface area contributed by atoms with E-state index in [0.29, 0.717) is 0 Å². The zero-order chi connectivity index (χ0) is 14.7. The first-order valence-electron chi connectivity index (χ1n) is 8.23. The van der Waals surface area contributed by atoms with Crippen molar-refractivity contribution in [1.29, 1.82) is 0 Å². The van der Waals surface area contributed by atoms with Gasteiger partial charge >= 0.3 is 0 Å². The Morgan fingerprint density at radius 1 is 1.00 bits per heavy atom. The normalized spacial score (nSPS) is 17.8. The van der Waals surface area contributed by atoms with Crippen LogP contribution in [-0.4, -0.2) is 18.6 Å². The van der Waals surface area contributed by atoms with E-state index in [4.69, 9.17) is 5.73 Å². The molecule has 2 N–H and O–H groups in total. The molecular formula is C19H26N2. The molecule has 1 aliphatic carbocycles. The Labute approximate surface area is 127 Å². The Bertz CT molecular complexity index is 594. The van der Waals surface area contributed by atoms with E-state index in [1.807, 2.05) is 0 Å². The number of fused-ring (bicyclic) bond motifs is 1. The number of nitrogens with two attached hydrogens (primary N) is 1. The molecule has 1 aliphatic rings. The number of benzene rings is 2. The molecule has 112 valence electrons. The van der Waals surface area contributed by atoms with Crippen molar-refractivity contribution in [3.05, 3.63) is 42.5 Å². The highest BCUT2D eigenvalue weighted by Crippen LogP contribution is 2.31. The van der Waals surface area contributed by atoms with Gasteiger partial charge in [0.1, 0.15) is 0 Å². The number of anilines is 1. The summed E-state index contributed by atoms with van der Waals surface area (Å²) in [6.07, 6.45) is 6.23. The molecule has 0 unspecified atom stereocenters. The topological polar surface area (TPSA) is 29.3 Å². The van der Waals surface area contributed by atoms with Crippen LogP contribution in [0.2, 0.25) is 0 Å².